The number of ether oxygens (including phenoxy) is 1. The lowest BCUT2D eigenvalue weighted by Gasteiger charge is -2.11. The highest BCUT2D eigenvalue weighted by Gasteiger charge is 2.14. The van der Waals surface area contributed by atoms with Crippen molar-refractivity contribution in [1.82, 2.24) is 0 Å². The van der Waals surface area contributed by atoms with Gasteiger partial charge in [0.25, 0.3) is 0 Å². The Morgan fingerprint density at radius 2 is 1.85 bits per heavy atom. The first-order valence-corrected chi connectivity index (χ1v) is 5.75. The minimum atomic E-state index is -0.656. The third-order valence-corrected chi connectivity index (χ3v) is 2.65. The van der Waals surface area contributed by atoms with E-state index in [-0.39, 0.29) is 29.6 Å². The third kappa shape index (κ3) is 3.03. The molecule has 104 valence electrons. The monoisotopic (exact) mass is 278 g/mol. The zero-order chi connectivity index (χ0) is 14.5. The van der Waals surface area contributed by atoms with E-state index >= 15 is 0 Å². The van der Waals surface area contributed by atoms with E-state index in [2.05, 4.69) is 5.16 Å². The number of nitrogens with two attached hydrogens (primary N) is 1. The molecule has 0 unspecified atom stereocenters. The van der Waals surface area contributed by atoms with E-state index in [1.807, 2.05) is 0 Å². The zero-order valence-electron chi connectivity index (χ0n) is 10.4. The Labute approximate surface area is 114 Å². The van der Waals surface area contributed by atoms with Crippen LogP contribution in [-0.4, -0.2) is 11.0 Å². The molecule has 0 amide bonds. The summed E-state index contributed by atoms with van der Waals surface area (Å²) < 4.78 is 31.9. The second-order valence-electron chi connectivity index (χ2n) is 4.01. The van der Waals surface area contributed by atoms with Crippen LogP contribution < -0.4 is 10.5 Å². The second-order valence-corrected chi connectivity index (χ2v) is 4.01. The van der Waals surface area contributed by atoms with Crippen molar-refractivity contribution in [1.29, 1.82) is 0 Å². The molecular weight excluding hydrogens is 266 g/mol. The minimum Gasteiger partial charge on any atom is -0.488 e. The van der Waals surface area contributed by atoms with Gasteiger partial charge in [0, 0.05) is 0 Å². The fraction of sp³-hybridized carbons (Fsp3) is 0.0714. The lowest BCUT2D eigenvalue weighted by atomic mass is 10.1. The van der Waals surface area contributed by atoms with Gasteiger partial charge in [0.2, 0.25) is 0 Å². The van der Waals surface area contributed by atoms with Gasteiger partial charge in [-0.3, -0.25) is 0 Å². The summed E-state index contributed by atoms with van der Waals surface area (Å²) >= 11 is 0. The van der Waals surface area contributed by atoms with Crippen molar-refractivity contribution in [2.24, 2.45) is 10.9 Å². The number of hydrogen-bond acceptors (Lipinski definition) is 3. The van der Waals surface area contributed by atoms with Crippen molar-refractivity contribution in [2.45, 2.75) is 6.61 Å². The first kappa shape index (κ1) is 13.8. The molecule has 0 radical (unpaired) electrons. The number of halogens is 2. The topological polar surface area (TPSA) is 67.8 Å². The molecule has 0 heterocycles. The van der Waals surface area contributed by atoms with Crippen LogP contribution in [0.2, 0.25) is 0 Å². The van der Waals surface area contributed by atoms with E-state index in [1.54, 1.807) is 12.1 Å². The molecule has 0 aliphatic carbocycles. The minimum absolute atomic E-state index is 0.107. The Kier molecular flexibility index (Phi) is 4.14. The lowest BCUT2D eigenvalue weighted by Crippen LogP contribution is -2.17. The molecular formula is C14H12F2N2O2. The summed E-state index contributed by atoms with van der Waals surface area (Å²) in [6, 6.07) is 9.83. The predicted octanol–water partition coefficient (Wildman–Crippen LogP) is 2.64. The van der Waals surface area contributed by atoms with Gasteiger partial charge < -0.3 is 15.7 Å². The summed E-state index contributed by atoms with van der Waals surface area (Å²) in [5.41, 5.74) is 6.01. The number of oxime groups is 1. The number of benzene rings is 2. The molecule has 20 heavy (non-hydrogen) atoms. The SMILES string of the molecule is N/C(=N\O)c1c(F)cccc1OCc1ccc(F)cc1. The van der Waals surface area contributed by atoms with Crippen LogP contribution in [0, 0.1) is 11.6 Å². The van der Waals surface area contributed by atoms with E-state index in [0.717, 1.165) is 0 Å². The molecule has 0 saturated carbocycles. The van der Waals surface area contributed by atoms with Gasteiger partial charge in [-0.05, 0) is 29.8 Å². The second kappa shape index (κ2) is 6.01. The van der Waals surface area contributed by atoms with Crippen LogP contribution in [0.25, 0.3) is 0 Å². The smallest absolute Gasteiger partial charge is 0.176 e. The van der Waals surface area contributed by atoms with Crippen LogP contribution in [-0.2, 0) is 6.61 Å². The van der Waals surface area contributed by atoms with Gasteiger partial charge in [0.15, 0.2) is 5.84 Å². The first-order chi connectivity index (χ1) is 9.61. The molecule has 0 atom stereocenters. The van der Waals surface area contributed by atoms with Crippen molar-refractivity contribution in [3.05, 3.63) is 65.2 Å². The molecule has 0 fully saturated rings. The van der Waals surface area contributed by atoms with Crippen molar-refractivity contribution in [2.75, 3.05) is 0 Å². The van der Waals surface area contributed by atoms with Crippen LogP contribution in [0.4, 0.5) is 8.78 Å². The Bertz CT molecular complexity index is 628. The lowest BCUT2D eigenvalue weighted by molar-refractivity contribution is 0.301. The fourth-order valence-corrected chi connectivity index (χ4v) is 1.66. The molecule has 0 aliphatic rings. The highest BCUT2D eigenvalue weighted by molar-refractivity contribution is 5.99. The summed E-state index contributed by atoms with van der Waals surface area (Å²) in [4.78, 5) is 0. The van der Waals surface area contributed by atoms with E-state index in [4.69, 9.17) is 15.7 Å². The standard InChI is InChI=1S/C14H12F2N2O2/c15-10-6-4-9(5-7-10)8-20-12-3-1-2-11(16)13(12)14(17)18-19/h1-7,19H,8H2,(H2,17,18). The molecule has 0 aromatic heterocycles. The van der Waals surface area contributed by atoms with Crippen molar-refractivity contribution in [3.63, 3.8) is 0 Å². The van der Waals surface area contributed by atoms with Gasteiger partial charge in [-0.25, -0.2) is 8.78 Å². The molecule has 0 bridgehead atoms. The van der Waals surface area contributed by atoms with Gasteiger partial charge in [-0.2, -0.15) is 0 Å². The summed E-state index contributed by atoms with van der Waals surface area (Å²) in [5.74, 6) is -1.24. The molecule has 2 aromatic carbocycles. The van der Waals surface area contributed by atoms with Crippen LogP contribution in [0.1, 0.15) is 11.1 Å². The zero-order valence-corrected chi connectivity index (χ0v) is 10.4. The summed E-state index contributed by atoms with van der Waals surface area (Å²) in [5, 5.41) is 11.4. The number of nitrogens with zero attached hydrogens (tertiary/aromatic N) is 1. The van der Waals surface area contributed by atoms with Gasteiger partial charge >= 0.3 is 0 Å². The quantitative estimate of drug-likeness (QED) is 0.391. The highest BCUT2D eigenvalue weighted by atomic mass is 19.1. The Balaban J connectivity index is 2.21. The number of rotatable bonds is 4. The molecule has 2 rings (SSSR count). The van der Waals surface area contributed by atoms with Crippen molar-refractivity contribution >= 4 is 5.84 Å². The summed E-state index contributed by atoms with van der Waals surface area (Å²) in [6.07, 6.45) is 0. The third-order valence-electron chi connectivity index (χ3n) is 2.65. The average molecular weight is 278 g/mol. The van der Waals surface area contributed by atoms with Gasteiger partial charge in [0.1, 0.15) is 24.0 Å². The van der Waals surface area contributed by atoms with Gasteiger partial charge in [-0.15, -0.1) is 0 Å². The van der Waals surface area contributed by atoms with Crippen molar-refractivity contribution in [3.8, 4) is 5.75 Å². The van der Waals surface area contributed by atoms with Gasteiger partial charge in [-0.1, -0.05) is 23.4 Å². The number of hydrogen-bond donors (Lipinski definition) is 2. The molecule has 3 N–H and O–H groups in total. The van der Waals surface area contributed by atoms with Crippen LogP contribution in [0.15, 0.2) is 47.6 Å². The molecule has 0 aliphatic heterocycles. The Hall–Kier alpha value is -2.63. The normalized spacial score (nSPS) is 11.4. The maximum absolute atomic E-state index is 13.7. The van der Waals surface area contributed by atoms with Crippen molar-refractivity contribution < 1.29 is 18.7 Å². The van der Waals surface area contributed by atoms with Crippen LogP contribution >= 0.6 is 0 Å². The first-order valence-electron chi connectivity index (χ1n) is 5.75. The molecule has 6 heteroatoms. The fourth-order valence-electron chi connectivity index (χ4n) is 1.66. The maximum atomic E-state index is 13.7. The highest BCUT2D eigenvalue weighted by Crippen LogP contribution is 2.22. The summed E-state index contributed by atoms with van der Waals surface area (Å²) in [7, 11) is 0. The average Bonchev–Trinajstić information content (AvgIpc) is 2.46. The Morgan fingerprint density at radius 3 is 2.50 bits per heavy atom. The summed E-state index contributed by atoms with van der Waals surface area (Å²) in [6.45, 7) is 0.107. The molecule has 0 spiro atoms. The Morgan fingerprint density at radius 1 is 1.15 bits per heavy atom. The van der Waals surface area contributed by atoms with E-state index in [1.165, 1.54) is 30.3 Å². The molecule has 4 nitrogen and oxygen atoms in total. The predicted molar refractivity (Wildman–Crippen MR) is 69.6 cm³/mol. The van der Waals surface area contributed by atoms with Crippen LogP contribution in [0.3, 0.4) is 0 Å². The number of amidine groups is 1. The van der Waals surface area contributed by atoms with Crippen LogP contribution in [0.5, 0.6) is 5.75 Å². The van der Waals surface area contributed by atoms with E-state index < -0.39 is 5.82 Å². The van der Waals surface area contributed by atoms with E-state index in [9.17, 15) is 8.78 Å². The molecule has 2 aromatic rings. The molecule has 0 saturated heterocycles. The van der Waals surface area contributed by atoms with Gasteiger partial charge in [0.05, 0.1) is 5.56 Å². The maximum Gasteiger partial charge on any atom is 0.176 e. The largest absolute Gasteiger partial charge is 0.488 e. The van der Waals surface area contributed by atoms with E-state index in [0.29, 0.717) is 5.56 Å².